The molecule has 10 nitrogen and oxygen atoms in total. The third kappa shape index (κ3) is 6.58. The van der Waals surface area contributed by atoms with Gasteiger partial charge in [-0.05, 0) is 124 Å². The van der Waals surface area contributed by atoms with E-state index >= 15 is 0 Å². The molecule has 2 aliphatic heterocycles. The maximum atomic E-state index is 12.7. The first kappa shape index (κ1) is 33.2. The van der Waals surface area contributed by atoms with Crippen LogP contribution < -0.4 is 0 Å². The Balaban J connectivity index is 1.91. The molecule has 1 atom stereocenters. The number of rotatable bonds is 10. The number of carbonyl (C=O) groups is 4. The Kier molecular flexibility index (Phi) is 9.15. The van der Waals surface area contributed by atoms with E-state index in [2.05, 4.69) is 9.97 Å². The Labute approximate surface area is 272 Å². The number of carbonyl (C=O) groups excluding carboxylic acids is 2. The number of allylic oxidation sites excluding steroid dienone is 4. The summed E-state index contributed by atoms with van der Waals surface area (Å²) in [6.45, 7) is 12.6. The minimum absolute atomic E-state index is 0.0669. The molecular weight excluding hydrogens is 596 g/mol. The van der Waals surface area contributed by atoms with Crippen molar-refractivity contribution in [3.63, 3.8) is 0 Å². The molecule has 47 heavy (non-hydrogen) atoms. The van der Waals surface area contributed by atoms with E-state index in [4.69, 9.17) is 9.97 Å². The van der Waals surface area contributed by atoms with Gasteiger partial charge in [0.2, 0.25) is 0 Å². The fourth-order valence-corrected chi connectivity index (χ4v) is 6.91. The lowest BCUT2D eigenvalue weighted by atomic mass is 9.81. The van der Waals surface area contributed by atoms with E-state index in [1.807, 2.05) is 65.0 Å². The van der Waals surface area contributed by atoms with Gasteiger partial charge in [0.05, 0.1) is 28.7 Å². The average Bonchev–Trinajstić information content (AvgIpc) is 3.65. The molecule has 3 aromatic rings. The van der Waals surface area contributed by atoms with Gasteiger partial charge in [-0.3, -0.25) is 19.2 Å². The predicted octanol–water partition coefficient (Wildman–Crippen LogP) is 7.42. The van der Waals surface area contributed by atoms with Crippen LogP contribution in [0.5, 0.6) is 0 Å². The van der Waals surface area contributed by atoms with Crippen molar-refractivity contribution >= 4 is 67.9 Å². The molecule has 4 N–H and O–H groups in total. The Morgan fingerprint density at radius 1 is 0.681 bits per heavy atom. The molecule has 0 spiro atoms. The standard InChI is InChI=1S/C37H40N4O6/c1-17-12-24-13-28-20(4)36(21(5)37(22(6)42)23(7)43)33(41-28)15-30-19(3)26(9-11-35(46)47)32(40-30)16-31-25(8-10-34(44)45)18(2)29(39-31)14-27(17)38-24/h12-16,21,37-38,41H,8-11H2,1-7H3,(H,44,45)(H,46,47). The summed E-state index contributed by atoms with van der Waals surface area (Å²) in [7, 11) is 0. The highest BCUT2D eigenvalue weighted by Gasteiger charge is 2.31. The number of Topliss-reactive ketones (excluding diaryl/α,β-unsaturated/α-hetero) is 2. The second-order valence-corrected chi connectivity index (χ2v) is 12.6. The maximum absolute atomic E-state index is 12.7. The smallest absolute Gasteiger partial charge is 0.303 e. The molecule has 3 aromatic heterocycles. The highest BCUT2D eigenvalue weighted by atomic mass is 16.4. The van der Waals surface area contributed by atoms with Crippen LogP contribution in [0.1, 0.15) is 106 Å². The monoisotopic (exact) mass is 636 g/mol. The van der Waals surface area contributed by atoms with Crippen molar-refractivity contribution in [2.24, 2.45) is 5.92 Å². The molecule has 5 rings (SSSR count). The van der Waals surface area contributed by atoms with Crippen molar-refractivity contribution in [2.75, 3.05) is 0 Å². The highest BCUT2D eigenvalue weighted by Crippen LogP contribution is 2.39. The van der Waals surface area contributed by atoms with Crippen LogP contribution in [0.4, 0.5) is 0 Å². The van der Waals surface area contributed by atoms with Crippen LogP contribution in [0.3, 0.4) is 0 Å². The summed E-state index contributed by atoms with van der Waals surface area (Å²) >= 11 is 0. The summed E-state index contributed by atoms with van der Waals surface area (Å²) in [4.78, 5) is 65.5. The van der Waals surface area contributed by atoms with Gasteiger partial charge in [-0.2, -0.15) is 0 Å². The van der Waals surface area contributed by atoms with Gasteiger partial charge in [-0.1, -0.05) is 6.92 Å². The zero-order valence-corrected chi connectivity index (χ0v) is 27.8. The van der Waals surface area contributed by atoms with E-state index < -0.39 is 23.8 Å². The Morgan fingerprint density at radius 3 is 1.68 bits per heavy atom. The maximum Gasteiger partial charge on any atom is 0.303 e. The lowest BCUT2D eigenvalue weighted by Crippen LogP contribution is -2.25. The molecule has 0 amide bonds. The van der Waals surface area contributed by atoms with Gasteiger partial charge in [0, 0.05) is 40.8 Å². The van der Waals surface area contributed by atoms with Gasteiger partial charge in [0.15, 0.2) is 0 Å². The number of H-pyrrole nitrogens is 2. The van der Waals surface area contributed by atoms with Crippen molar-refractivity contribution in [3.05, 3.63) is 69.8 Å². The first-order chi connectivity index (χ1) is 22.2. The SMILES string of the molecule is CC(=O)C(C(C)=O)C(C)c1c(C)c2cc3cc(C)c(cc4nc(cc5nc(cc1[nH]2)C(C)=C5CCC(=O)O)C(CCC(=O)O)=C4C)[nH]3. The number of aromatic amines is 2. The summed E-state index contributed by atoms with van der Waals surface area (Å²) in [6.07, 6.45) is 0.354. The van der Waals surface area contributed by atoms with Crippen molar-refractivity contribution in [1.82, 2.24) is 19.9 Å². The summed E-state index contributed by atoms with van der Waals surface area (Å²) < 4.78 is 0. The molecule has 0 saturated carbocycles. The van der Waals surface area contributed by atoms with Crippen molar-refractivity contribution in [3.8, 4) is 0 Å². The number of ketones is 2. The van der Waals surface area contributed by atoms with E-state index in [9.17, 15) is 29.4 Å². The third-order valence-corrected chi connectivity index (χ3v) is 9.36. The summed E-state index contributed by atoms with van der Waals surface area (Å²) in [5.41, 5.74) is 11.7. The van der Waals surface area contributed by atoms with Gasteiger partial charge in [-0.15, -0.1) is 0 Å². The van der Waals surface area contributed by atoms with Crippen LogP contribution in [-0.2, 0) is 19.2 Å². The lowest BCUT2D eigenvalue weighted by molar-refractivity contribution is -0.137. The predicted molar refractivity (Wildman–Crippen MR) is 182 cm³/mol. The third-order valence-electron chi connectivity index (χ3n) is 9.36. The number of hydrogen-bond donors (Lipinski definition) is 4. The topological polar surface area (TPSA) is 166 Å². The van der Waals surface area contributed by atoms with Crippen molar-refractivity contribution < 1.29 is 29.4 Å². The molecule has 5 heterocycles. The van der Waals surface area contributed by atoms with E-state index in [-0.39, 0.29) is 37.2 Å². The molecule has 244 valence electrons. The number of carboxylic acids is 2. The van der Waals surface area contributed by atoms with Crippen LogP contribution in [0.2, 0.25) is 0 Å². The van der Waals surface area contributed by atoms with E-state index in [1.54, 1.807) is 0 Å². The Morgan fingerprint density at radius 2 is 1.19 bits per heavy atom. The number of fused-ring (bicyclic) bond motifs is 8. The number of carboxylic acid groups (broad SMARTS) is 2. The molecule has 0 saturated heterocycles. The van der Waals surface area contributed by atoms with Crippen LogP contribution in [0, 0.1) is 19.8 Å². The summed E-state index contributed by atoms with van der Waals surface area (Å²) in [5, 5.41) is 19.0. The van der Waals surface area contributed by atoms with Gasteiger partial charge in [0.1, 0.15) is 11.6 Å². The van der Waals surface area contributed by atoms with Crippen LogP contribution >= 0.6 is 0 Å². The van der Waals surface area contributed by atoms with E-state index in [1.165, 1.54) is 13.8 Å². The van der Waals surface area contributed by atoms with Crippen LogP contribution in [0.25, 0.3) is 44.4 Å². The fraction of sp³-hybridized carbons (Fsp3) is 0.351. The first-order valence-electron chi connectivity index (χ1n) is 15.7. The average molecular weight is 637 g/mol. The van der Waals surface area contributed by atoms with Gasteiger partial charge >= 0.3 is 11.9 Å². The van der Waals surface area contributed by atoms with Crippen molar-refractivity contribution in [1.29, 1.82) is 0 Å². The lowest BCUT2D eigenvalue weighted by Gasteiger charge is -2.19. The molecule has 0 fully saturated rings. The van der Waals surface area contributed by atoms with Gasteiger partial charge in [-0.25, -0.2) is 9.97 Å². The summed E-state index contributed by atoms with van der Waals surface area (Å²) in [5.74, 6) is -3.49. The van der Waals surface area contributed by atoms with Gasteiger partial charge in [0.25, 0.3) is 0 Å². The molecule has 0 aliphatic carbocycles. The van der Waals surface area contributed by atoms with Crippen LogP contribution in [0.15, 0.2) is 30.3 Å². The van der Waals surface area contributed by atoms with Crippen molar-refractivity contribution in [2.45, 2.75) is 80.1 Å². The molecule has 0 radical (unpaired) electrons. The van der Waals surface area contributed by atoms with E-state index in [0.29, 0.717) is 28.3 Å². The molecule has 8 bridgehead atoms. The molecule has 0 aromatic carbocycles. The number of nitrogens with zero attached hydrogens (tertiary/aromatic N) is 2. The normalized spacial score (nSPS) is 13.8. The quantitative estimate of drug-likeness (QED) is 0.167. The number of aliphatic carboxylic acids is 2. The molecular formula is C37H40N4O6. The van der Waals surface area contributed by atoms with E-state index in [0.717, 1.165) is 55.5 Å². The second-order valence-electron chi connectivity index (χ2n) is 12.6. The number of aryl methyl sites for hydroxylation is 2. The minimum atomic E-state index is -0.932. The summed E-state index contributed by atoms with van der Waals surface area (Å²) in [6, 6.07) is 9.70. The second kappa shape index (κ2) is 12.9. The number of hydrogen-bond acceptors (Lipinski definition) is 6. The largest absolute Gasteiger partial charge is 0.481 e. The zero-order valence-electron chi connectivity index (χ0n) is 27.8. The number of nitrogens with one attached hydrogen (secondary N) is 2. The first-order valence-corrected chi connectivity index (χ1v) is 15.7. The minimum Gasteiger partial charge on any atom is -0.481 e. The Hall–Kier alpha value is -5.12. The highest BCUT2D eigenvalue weighted by molar-refractivity contribution is 6.02. The molecule has 10 heteroatoms. The Bertz CT molecular complexity index is 2060. The fourth-order valence-electron chi connectivity index (χ4n) is 6.91. The van der Waals surface area contributed by atoms with Crippen LogP contribution in [-0.4, -0.2) is 53.7 Å². The van der Waals surface area contributed by atoms with Gasteiger partial charge < -0.3 is 20.2 Å². The molecule has 1 unspecified atom stereocenters. The zero-order chi connectivity index (χ0) is 34.3. The molecule has 2 aliphatic rings. The number of aromatic nitrogens is 4.